The number of nitrogens with zero attached hydrogens (tertiary/aromatic N) is 5. The van der Waals surface area contributed by atoms with Crippen molar-refractivity contribution >= 4 is 34.4 Å². The smallest absolute Gasteiger partial charge is 0.371 e. The standard InChI is InChI=1S/C27H30F3N9O/c1-16-11-38(12-17(2)35-16)13-18-4-5-20(10-22(18)27(28,29)30)37-26(40)36-19-6-8-21(9-7-19)39-15-34-23-24(31-3)32-14-33-25(23)39/h4-10,14-17,35H,11-13H2,1-3H3,(H,31,32,33)(H2,36,37,40). The number of halogens is 3. The number of hydrogen-bond acceptors (Lipinski definition) is 7. The number of anilines is 3. The van der Waals surface area contributed by atoms with E-state index in [0.29, 0.717) is 35.8 Å². The molecule has 4 N–H and O–H groups in total. The second-order valence-corrected chi connectivity index (χ2v) is 9.92. The number of fused-ring (bicyclic) bond motifs is 1. The van der Waals surface area contributed by atoms with Gasteiger partial charge in [0.2, 0.25) is 0 Å². The van der Waals surface area contributed by atoms with Crippen LogP contribution in [0.2, 0.25) is 0 Å². The normalized spacial score (nSPS) is 18.1. The number of benzene rings is 2. The molecule has 2 amide bonds. The third-order valence-electron chi connectivity index (χ3n) is 6.67. The van der Waals surface area contributed by atoms with Gasteiger partial charge in [-0.25, -0.2) is 19.7 Å². The molecular formula is C27H30F3N9O. The van der Waals surface area contributed by atoms with Crippen molar-refractivity contribution in [2.45, 2.75) is 38.7 Å². The van der Waals surface area contributed by atoms with E-state index in [-0.39, 0.29) is 29.9 Å². The summed E-state index contributed by atoms with van der Waals surface area (Å²) in [5.74, 6) is 0.605. The molecule has 4 aromatic rings. The van der Waals surface area contributed by atoms with Gasteiger partial charge in [-0.2, -0.15) is 13.2 Å². The quantitative estimate of drug-likeness (QED) is 0.274. The van der Waals surface area contributed by atoms with E-state index in [4.69, 9.17) is 0 Å². The molecular weight excluding hydrogens is 523 g/mol. The molecule has 0 aliphatic carbocycles. The van der Waals surface area contributed by atoms with Gasteiger partial charge in [0.15, 0.2) is 17.0 Å². The second-order valence-electron chi connectivity index (χ2n) is 9.92. The molecule has 40 heavy (non-hydrogen) atoms. The van der Waals surface area contributed by atoms with Gasteiger partial charge in [0.25, 0.3) is 0 Å². The van der Waals surface area contributed by atoms with Crippen molar-refractivity contribution in [3.05, 3.63) is 66.2 Å². The number of aromatic nitrogens is 4. The molecule has 1 aliphatic heterocycles. The van der Waals surface area contributed by atoms with Crippen LogP contribution in [-0.4, -0.2) is 62.7 Å². The first kappa shape index (κ1) is 27.3. The zero-order chi connectivity index (χ0) is 28.4. The minimum Gasteiger partial charge on any atom is -0.371 e. The van der Waals surface area contributed by atoms with E-state index in [1.165, 1.54) is 18.5 Å². The SMILES string of the molecule is CNc1ncnc2c1ncn2-c1ccc(NC(=O)Nc2ccc(CN3CC(C)NC(C)C3)c(C(F)(F)F)c2)cc1. The van der Waals surface area contributed by atoms with Gasteiger partial charge < -0.3 is 21.3 Å². The molecule has 2 aromatic carbocycles. The van der Waals surface area contributed by atoms with E-state index in [2.05, 4.69) is 36.2 Å². The summed E-state index contributed by atoms with van der Waals surface area (Å²) in [5, 5.41) is 11.5. The summed E-state index contributed by atoms with van der Waals surface area (Å²) in [5.41, 5.74) is 1.92. The number of urea groups is 1. The second kappa shape index (κ2) is 11.1. The summed E-state index contributed by atoms with van der Waals surface area (Å²) in [6.45, 7) is 5.52. The van der Waals surface area contributed by atoms with Crippen molar-refractivity contribution in [2.75, 3.05) is 36.1 Å². The molecule has 1 saturated heterocycles. The lowest BCUT2D eigenvalue weighted by Crippen LogP contribution is -2.53. The molecule has 0 saturated carbocycles. The minimum absolute atomic E-state index is 0.0529. The first-order chi connectivity index (χ1) is 19.1. The summed E-state index contributed by atoms with van der Waals surface area (Å²) < 4.78 is 43.6. The molecule has 10 nitrogen and oxygen atoms in total. The summed E-state index contributed by atoms with van der Waals surface area (Å²) in [4.78, 5) is 27.4. The van der Waals surface area contributed by atoms with E-state index in [1.54, 1.807) is 42.2 Å². The maximum Gasteiger partial charge on any atom is 0.416 e. The van der Waals surface area contributed by atoms with Gasteiger partial charge in [-0.05, 0) is 55.8 Å². The first-order valence-electron chi connectivity index (χ1n) is 12.8. The zero-order valence-electron chi connectivity index (χ0n) is 22.3. The molecule has 0 radical (unpaired) electrons. The van der Waals surface area contributed by atoms with Crippen molar-refractivity contribution in [2.24, 2.45) is 0 Å². The Morgan fingerprint density at radius 3 is 2.35 bits per heavy atom. The lowest BCUT2D eigenvalue weighted by molar-refractivity contribution is -0.138. The van der Waals surface area contributed by atoms with E-state index < -0.39 is 17.8 Å². The Bertz CT molecular complexity index is 1490. The molecule has 1 aliphatic rings. The summed E-state index contributed by atoms with van der Waals surface area (Å²) in [7, 11) is 1.75. The Hall–Kier alpha value is -4.23. The van der Waals surface area contributed by atoms with Crippen LogP contribution in [0.1, 0.15) is 25.0 Å². The van der Waals surface area contributed by atoms with E-state index >= 15 is 0 Å². The van der Waals surface area contributed by atoms with Crippen LogP contribution in [0.4, 0.5) is 35.2 Å². The Balaban J connectivity index is 1.27. The van der Waals surface area contributed by atoms with Crippen LogP contribution in [0.15, 0.2) is 55.1 Å². The molecule has 5 rings (SSSR count). The maximum absolute atomic E-state index is 13.9. The predicted molar refractivity (Wildman–Crippen MR) is 148 cm³/mol. The largest absolute Gasteiger partial charge is 0.416 e. The van der Waals surface area contributed by atoms with Crippen molar-refractivity contribution in [1.82, 2.24) is 29.7 Å². The topological polar surface area (TPSA) is 112 Å². The third-order valence-corrected chi connectivity index (χ3v) is 6.67. The highest BCUT2D eigenvalue weighted by Crippen LogP contribution is 2.35. The number of carbonyl (C=O) groups is 1. The molecule has 3 heterocycles. The van der Waals surface area contributed by atoms with Crippen LogP contribution >= 0.6 is 0 Å². The number of nitrogens with one attached hydrogen (secondary N) is 4. The molecule has 2 unspecified atom stereocenters. The van der Waals surface area contributed by atoms with Gasteiger partial charge >= 0.3 is 12.2 Å². The fourth-order valence-electron chi connectivity index (χ4n) is 5.07. The Labute approximate surface area is 229 Å². The molecule has 0 spiro atoms. The van der Waals surface area contributed by atoms with Gasteiger partial charge in [-0.1, -0.05) is 6.07 Å². The van der Waals surface area contributed by atoms with Gasteiger partial charge in [-0.3, -0.25) is 9.47 Å². The van der Waals surface area contributed by atoms with Crippen molar-refractivity contribution in [3.8, 4) is 5.69 Å². The number of piperazine rings is 1. The zero-order valence-corrected chi connectivity index (χ0v) is 22.3. The van der Waals surface area contributed by atoms with Crippen LogP contribution < -0.4 is 21.3 Å². The number of amides is 2. The fourth-order valence-corrected chi connectivity index (χ4v) is 5.07. The first-order valence-corrected chi connectivity index (χ1v) is 12.8. The molecule has 2 atom stereocenters. The van der Waals surface area contributed by atoms with Crippen molar-refractivity contribution in [1.29, 1.82) is 0 Å². The van der Waals surface area contributed by atoms with Crippen molar-refractivity contribution < 1.29 is 18.0 Å². The van der Waals surface area contributed by atoms with Crippen LogP contribution in [0.25, 0.3) is 16.9 Å². The lowest BCUT2D eigenvalue weighted by Gasteiger charge is -2.36. The molecule has 2 aromatic heterocycles. The van der Waals surface area contributed by atoms with E-state index in [9.17, 15) is 18.0 Å². The number of hydrogen-bond donors (Lipinski definition) is 4. The van der Waals surface area contributed by atoms with Crippen LogP contribution in [0.3, 0.4) is 0 Å². The minimum atomic E-state index is -4.55. The van der Waals surface area contributed by atoms with Gasteiger partial charge in [-0.15, -0.1) is 0 Å². The molecule has 210 valence electrons. The van der Waals surface area contributed by atoms with Gasteiger partial charge in [0.1, 0.15) is 12.7 Å². The highest BCUT2D eigenvalue weighted by Gasteiger charge is 2.34. The maximum atomic E-state index is 13.9. The Morgan fingerprint density at radius 2 is 1.68 bits per heavy atom. The van der Waals surface area contributed by atoms with Crippen LogP contribution in [0.5, 0.6) is 0 Å². The van der Waals surface area contributed by atoms with Gasteiger partial charge in [0, 0.05) is 55.8 Å². The number of carbonyl (C=O) groups excluding carboxylic acids is 1. The molecule has 1 fully saturated rings. The Morgan fingerprint density at radius 1 is 1.00 bits per heavy atom. The van der Waals surface area contributed by atoms with E-state index in [0.717, 1.165) is 11.8 Å². The summed E-state index contributed by atoms with van der Waals surface area (Å²) in [6, 6.07) is 10.5. The number of imidazole rings is 1. The monoisotopic (exact) mass is 553 g/mol. The van der Waals surface area contributed by atoms with E-state index in [1.807, 2.05) is 18.7 Å². The average Bonchev–Trinajstić information content (AvgIpc) is 3.33. The predicted octanol–water partition coefficient (Wildman–Crippen LogP) is 4.70. The molecule has 0 bridgehead atoms. The Kier molecular flexibility index (Phi) is 7.59. The summed E-state index contributed by atoms with van der Waals surface area (Å²) in [6.07, 6.45) is -1.49. The fraction of sp³-hybridized carbons (Fsp3) is 0.333. The average molecular weight is 554 g/mol. The highest BCUT2D eigenvalue weighted by atomic mass is 19.4. The van der Waals surface area contributed by atoms with Crippen molar-refractivity contribution in [3.63, 3.8) is 0 Å². The molecule has 13 heteroatoms. The number of alkyl halides is 3. The van der Waals surface area contributed by atoms with Crippen LogP contribution in [-0.2, 0) is 12.7 Å². The van der Waals surface area contributed by atoms with Crippen LogP contribution in [0, 0.1) is 0 Å². The highest BCUT2D eigenvalue weighted by molar-refractivity contribution is 5.99. The van der Waals surface area contributed by atoms with Gasteiger partial charge in [0.05, 0.1) is 5.56 Å². The summed E-state index contributed by atoms with van der Waals surface area (Å²) >= 11 is 0. The number of rotatable bonds is 6. The lowest BCUT2D eigenvalue weighted by atomic mass is 10.0. The third kappa shape index (κ3) is 6.00.